The molecule has 0 aliphatic heterocycles. The Morgan fingerprint density at radius 3 is 0.872 bits per heavy atom. The molecule has 8 aromatic carbocycles. The summed E-state index contributed by atoms with van der Waals surface area (Å²) in [6.45, 7) is 49.4. The predicted octanol–water partition coefficient (Wildman–Crippen LogP) is 24.3. The van der Waals surface area contributed by atoms with Gasteiger partial charge in [-0.3, -0.25) is 0 Å². The van der Waals surface area contributed by atoms with E-state index in [1.54, 1.807) is 12.1 Å². The molecular formula is C85H106F2N2O4Zr. The molecule has 0 saturated heterocycles. The summed E-state index contributed by atoms with van der Waals surface area (Å²) in [5, 5.41) is 30.5. The molecule has 0 atom stereocenters. The number of hydrogen-bond donors (Lipinski definition) is 2. The van der Waals surface area contributed by atoms with E-state index in [-0.39, 0.29) is 109 Å². The van der Waals surface area contributed by atoms with Gasteiger partial charge >= 0.3 is 26.2 Å². The number of aromatic hydroxyl groups is 2. The third kappa shape index (κ3) is 15.3. The van der Waals surface area contributed by atoms with Crippen molar-refractivity contribution in [3.8, 4) is 56.6 Å². The molecule has 0 aliphatic carbocycles. The normalized spacial score (nSPS) is 12.9. The van der Waals surface area contributed by atoms with Crippen LogP contribution in [0.2, 0.25) is 0 Å². The first-order chi connectivity index (χ1) is 42.0. The van der Waals surface area contributed by atoms with Crippen LogP contribution in [0.1, 0.15) is 205 Å². The fourth-order valence-electron chi connectivity index (χ4n) is 14.1. The number of ether oxygens (including phenoxy) is 2. The molecule has 2 heterocycles. The van der Waals surface area contributed by atoms with Crippen LogP contribution in [0.15, 0.2) is 133 Å². The monoisotopic (exact) mass is 1350 g/mol. The van der Waals surface area contributed by atoms with Gasteiger partial charge in [-0.25, -0.2) is 8.78 Å². The number of rotatable bonds is 14. The smallest absolute Gasteiger partial charge is 0.505 e. The molecule has 94 heavy (non-hydrogen) atoms. The van der Waals surface area contributed by atoms with Crippen LogP contribution in [0.5, 0.6) is 23.0 Å². The molecule has 0 fully saturated rings. The van der Waals surface area contributed by atoms with Crippen molar-refractivity contribution in [3.05, 3.63) is 193 Å². The van der Waals surface area contributed by atoms with Crippen LogP contribution in [-0.4, -0.2) is 32.6 Å². The van der Waals surface area contributed by atoms with Crippen LogP contribution >= 0.6 is 0 Å². The molecule has 2 aromatic heterocycles. The van der Waals surface area contributed by atoms with E-state index in [9.17, 15) is 10.2 Å². The van der Waals surface area contributed by atoms with Gasteiger partial charge < -0.3 is 43.7 Å². The molecule has 0 radical (unpaired) electrons. The molecule has 0 spiro atoms. The molecule has 0 aliphatic rings. The van der Waals surface area contributed by atoms with Crippen molar-refractivity contribution < 1.29 is 54.7 Å². The van der Waals surface area contributed by atoms with Gasteiger partial charge in [0.05, 0.1) is 46.7 Å². The Morgan fingerprint density at radius 1 is 0.340 bits per heavy atom. The minimum absolute atomic E-state index is 0. The zero-order chi connectivity index (χ0) is 66.7. The minimum Gasteiger partial charge on any atom is -0.505 e. The summed E-state index contributed by atoms with van der Waals surface area (Å²) in [5.41, 5.74) is 12.1. The first-order valence-corrected chi connectivity index (χ1v) is 32.8. The van der Waals surface area contributed by atoms with Gasteiger partial charge in [-0.15, -0.1) is 0 Å². The number of phenolic OH excluding ortho intramolecular Hbond substituents is 2. The Morgan fingerprint density at radius 2 is 0.617 bits per heavy atom. The summed E-state index contributed by atoms with van der Waals surface area (Å²) in [5.74, 6) is -0.0843. The maximum Gasteiger partial charge on any atom is 2.00 e. The third-order valence-corrected chi connectivity index (χ3v) is 18.4. The summed E-state index contributed by atoms with van der Waals surface area (Å²) in [6.07, 6.45) is 2.06. The minimum atomic E-state index is -0.462. The van der Waals surface area contributed by atoms with Crippen molar-refractivity contribution in [1.29, 1.82) is 0 Å². The second kappa shape index (κ2) is 26.4. The van der Waals surface area contributed by atoms with Gasteiger partial charge in [0.1, 0.15) is 34.6 Å². The molecule has 498 valence electrons. The van der Waals surface area contributed by atoms with Crippen molar-refractivity contribution in [3.63, 3.8) is 0 Å². The van der Waals surface area contributed by atoms with E-state index in [4.69, 9.17) is 9.47 Å². The van der Waals surface area contributed by atoms with Gasteiger partial charge in [-0.2, -0.15) is 0 Å². The second-order valence-corrected chi connectivity index (χ2v) is 34.0. The molecule has 0 saturated carbocycles. The van der Waals surface area contributed by atoms with E-state index in [1.165, 1.54) is 46.5 Å². The van der Waals surface area contributed by atoms with E-state index in [0.717, 1.165) is 67.6 Å². The number of aromatic nitrogens is 2. The fourth-order valence-corrected chi connectivity index (χ4v) is 14.1. The predicted molar refractivity (Wildman–Crippen MR) is 393 cm³/mol. The van der Waals surface area contributed by atoms with Crippen molar-refractivity contribution in [2.24, 2.45) is 10.8 Å². The van der Waals surface area contributed by atoms with Crippen LogP contribution in [-0.2, 0) is 58.7 Å². The number of halogens is 2. The van der Waals surface area contributed by atoms with Gasteiger partial charge in [0, 0.05) is 50.2 Å². The number of phenols is 2. The van der Waals surface area contributed by atoms with Crippen LogP contribution in [0.25, 0.3) is 77.2 Å². The van der Waals surface area contributed by atoms with Crippen molar-refractivity contribution in [1.82, 2.24) is 9.13 Å². The van der Waals surface area contributed by atoms with Crippen LogP contribution in [0.3, 0.4) is 0 Å². The average Bonchev–Trinajstić information content (AvgIpc) is 1.56. The molecule has 10 rings (SSSR count). The summed E-state index contributed by atoms with van der Waals surface area (Å²) in [6, 6.07) is 44.0. The second-order valence-electron chi connectivity index (χ2n) is 34.0. The maximum atomic E-state index is 16.0. The fraction of sp³-hybridized carbons (Fsp3) is 0.412. The molecule has 0 unspecified atom stereocenters. The van der Waals surface area contributed by atoms with Gasteiger partial charge in [-0.05, 0) is 174 Å². The van der Waals surface area contributed by atoms with Crippen molar-refractivity contribution in [2.45, 2.75) is 204 Å². The first kappa shape index (κ1) is 74.7. The summed E-state index contributed by atoms with van der Waals surface area (Å²) >= 11 is 0. The van der Waals surface area contributed by atoms with E-state index < -0.39 is 11.6 Å². The summed E-state index contributed by atoms with van der Waals surface area (Å²) in [7, 11) is 0. The van der Waals surface area contributed by atoms with Crippen molar-refractivity contribution >= 4 is 43.6 Å². The summed E-state index contributed by atoms with van der Waals surface area (Å²) in [4.78, 5) is 0. The van der Waals surface area contributed by atoms with Gasteiger partial charge in [0.2, 0.25) is 0 Å². The van der Waals surface area contributed by atoms with E-state index >= 15 is 8.78 Å². The van der Waals surface area contributed by atoms with E-state index in [1.807, 2.05) is 12.1 Å². The standard InChI is InChI=1S/C83H100F2N2O4.2CH3.Zr/c1-76(2,3)48-82(19,20)54-38-64(74(88)70(44-54)86-66-40-50(78(7,8)9)24-30-58(66)59-31-25-51(41-67(59)86)79(10,11)12)62-46-56(84)28-34-72(62)90-36-23-37-91-73-35-29-57(85)47-63(73)65-39-55(83(21,22)49-77(4,5)6)45-71(75(65)89)87-68-42-52(80(13,14)15)26-32-60(68)61-33-27-53(43-69(61)87)81(16,17)18;;;/h24-35,38-47,88-89H,23,36-37,48-49H2,1-22H3;2*1H3;/q;2*-1;+2. The van der Waals surface area contributed by atoms with Gasteiger partial charge in [-0.1, -0.05) is 201 Å². The SMILES string of the molecule is CC(C)(C)CC(C)(C)c1cc(-c2cc(F)ccc2OCCCOc2ccc(F)cc2-c2cc(C(C)(C)CC(C)(C)C)cc(-n3c4cc(C(C)(C)C)ccc4c4ccc(C(C)(C)C)cc43)c2O)c(O)c(-n2c3cc(C(C)(C)C)ccc3c3ccc(C(C)(C)C)cc32)c1.[CH3-].[CH3-].[Zr+2]. The zero-order valence-electron chi connectivity index (χ0n) is 61.1. The number of nitrogens with zero attached hydrogens (tertiary/aromatic N) is 2. The third-order valence-electron chi connectivity index (χ3n) is 18.4. The Labute approximate surface area is 581 Å². The maximum absolute atomic E-state index is 16.0. The van der Waals surface area contributed by atoms with Crippen LogP contribution in [0.4, 0.5) is 8.78 Å². The van der Waals surface area contributed by atoms with Gasteiger partial charge in [0.15, 0.2) is 0 Å². The molecule has 0 amide bonds. The number of benzene rings is 8. The Bertz CT molecular complexity index is 4010. The molecular weight excluding hydrogens is 1240 g/mol. The number of hydrogen-bond acceptors (Lipinski definition) is 4. The summed E-state index contributed by atoms with van der Waals surface area (Å²) < 4.78 is 49.8. The first-order valence-electron chi connectivity index (χ1n) is 32.8. The molecule has 10 aromatic rings. The topological polar surface area (TPSA) is 68.8 Å². The molecule has 9 heteroatoms. The van der Waals surface area contributed by atoms with Crippen LogP contribution < -0.4 is 9.47 Å². The van der Waals surface area contributed by atoms with Crippen molar-refractivity contribution in [2.75, 3.05) is 13.2 Å². The Balaban J connectivity index is 0.00000417. The molecule has 2 N–H and O–H groups in total. The van der Waals surface area contributed by atoms with Gasteiger partial charge in [0.25, 0.3) is 0 Å². The van der Waals surface area contributed by atoms with E-state index in [0.29, 0.717) is 51.5 Å². The Kier molecular flexibility index (Phi) is 21.0. The largest absolute Gasteiger partial charge is 2.00 e. The quantitative estimate of drug-likeness (QED) is 0.0841. The molecule has 6 nitrogen and oxygen atoms in total. The zero-order valence-corrected chi connectivity index (χ0v) is 63.6. The number of fused-ring (bicyclic) bond motifs is 6. The average molecular weight is 1350 g/mol. The Hall–Kier alpha value is -6.70. The molecule has 0 bridgehead atoms. The van der Waals surface area contributed by atoms with E-state index in [2.05, 4.69) is 246 Å². The van der Waals surface area contributed by atoms with Crippen LogP contribution in [0, 0.1) is 37.3 Å².